The van der Waals surface area contributed by atoms with Gasteiger partial charge < -0.3 is 4.90 Å². The van der Waals surface area contributed by atoms with Crippen molar-refractivity contribution >= 4 is 0 Å². The van der Waals surface area contributed by atoms with Crippen LogP contribution >= 0.6 is 0 Å². The summed E-state index contributed by atoms with van der Waals surface area (Å²) < 4.78 is 0. The number of hydrogen-bond acceptors (Lipinski definition) is 3. The molecule has 2 rings (SSSR count). The van der Waals surface area contributed by atoms with Gasteiger partial charge in [-0.25, -0.2) is 0 Å². The van der Waals surface area contributed by atoms with Crippen LogP contribution in [0, 0.1) is 0 Å². The molecule has 0 amide bonds. The molecule has 18 heavy (non-hydrogen) atoms. The molecule has 0 N–H and O–H groups in total. The van der Waals surface area contributed by atoms with E-state index in [1.807, 2.05) is 13.8 Å². The zero-order valence-corrected chi connectivity index (χ0v) is 13.3. The summed E-state index contributed by atoms with van der Waals surface area (Å²) in [7, 11) is 4.51. The maximum atomic E-state index is 2.74. The second kappa shape index (κ2) is 7.46. The second-order valence-electron chi connectivity index (χ2n) is 5.85. The predicted octanol–water partition coefficient (Wildman–Crippen LogP) is 2.13. The Labute approximate surface area is 114 Å². The van der Waals surface area contributed by atoms with Gasteiger partial charge in [-0.15, -0.1) is 0 Å². The number of piperazine rings is 1. The van der Waals surface area contributed by atoms with Gasteiger partial charge in [-0.2, -0.15) is 0 Å². The average Bonchev–Trinajstić information content (AvgIpc) is 2.38. The smallest absolute Gasteiger partial charge is 0.0195 e. The molecule has 2 unspecified atom stereocenters. The van der Waals surface area contributed by atoms with Crippen molar-refractivity contribution in [1.82, 2.24) is 14.7 Å². The molecule has 0 bridgehead atoms. The van der Waals surface area contributed by atoms with Crippen LogP contribution in [0.25, 0.3) is 0 Å². The molecule has 0 aromatic carbocycles. The lowest BCUT2D eigenvalue weighted by atomic mass is 9.99. The predicted molar refractivity (Wildman–Crippen MR) is 80.1 cm³/mol. The third kappa shape index (κ3) is 3.94. The van der Waals surface area contributed by atoms with E-state index in [2.05, 4.69) is 42.6 Å². The van der Waals surface area contributed by atoms with E-state index in [1.165, 1.54) is 39.0 Å². The largest absolute Gasteiger partial charge is 0.306 e. The highest BCUT2D eigenvalue weighted by atomic mass is 15.3. The number of piperidine rings is 1. The zero-order valence-electron chi connectivity index (χ0n) is 13.3. The fourth-order valence-electron chi connectivity index (χ4n) is 3.10. The van der Waals surface area contributed by atoms with Crippen molar-refractivity contribution in [1.29, 1.82) is 0 Å². The first-order chi connectivity index (χ1) is 8.58. The van der Waals surface area contributed by atoms with E-state index in [0.717, 1.165) is 6.04 Å². The molecule has 2 atom stereocenters. The Bertz CT molecular complexity index is 212. The maximum absolute atomic E-state index is 2.74. The van der Waals surface area contributed by atoms with Gasteiger partial charge in [0.15, 0.2) is 0 Å². The van der Waals surface area contributed by atoms with Gasteiger partial charge in [0.1, 0.15) is 0 Å². The second-order valence-corrected chi connectivity index (χ2v) is 5.85. The first kappa shape index (κ1) is 15.9. The number of likely N-dealkylation sites (tertiary alicyclic amines) is 1. The fourth-order valence-corrected chi connectivity index (χ4v) is 3.10. The molecule has 2 saturated heterocycles. The topological polar surface area (TPSA) is 9.72 Å². The van der Waals surface area contributed by atoms with Gasteiger partial charge in [-0.3, -0.25) is 9.80 Å². The molecule has 3 heteroatoms. The molecule has 2 fully saturated rings. The van der Waals surface area contributed by atoms with E-state index in [-0.39, 0.29) is 0 Å². The minimum absolute atomic E-state index is 0.711. The van der Waals surface area contributed by atoms with Crippen LogP contribution in [0.5, 0.6) is 0 Å². The zero-order chi connectivity index (χ0) is 13.7. The number of nitrogens with zero attached hydrogens (tertiary/aromatic N) is 3. The lowest BCUT2D eigenvalue weighted by Gasteiger charge is -2.47. The number of hydrogen-bond donors (Lipinski definition) is 0. The SMILES string of the molecule is CC.CC1CN(C2CCN(C)CC2)CC(C)N1C. The van der Waals surface area contributed by atoms with E-state index >= 15 is 0 Å². The summed E-state index contributed by atoms with van der Waals surface area (Å²) >= 11 is 0. The summed E-state index contributed by atoms with van der Waals surface area (Å²) in [6.07, 6.45) is 2.72. The summed E-state index contributed by atoms with van der Waals surface area (Å²) in [4.78, 5) is 7.72. The maximum Gasteiger partial charge on any atom is 0.0195 e. The standard InChI is InChI=1S/C13H27N3.C2H6/c1-11-9-16(10-12(2)15(11)4)13-5-7-14(3)8-6-13;1-2/h11-13H,5-10H2,1-4H3;1-2H3. The molecule has 0 aromatic rings. The molecule has 108 valence electrons. The molecular weight excluding hydrogens is 222 g/mol. The minimum Gasteiger partial charge on any atom is -0.306 e. The van der Waals surface area contributed by atoms with Gasteiger partial charge >= 0.3 is 0 Å². The molecule has 2 aliphatic rings. The van der Waals surface area contributed by atoms with Crippen molar-refractivity contribution in [2.75, 3.05) is 40.3 Å². The lowest BCUT2D eigenvalue weighted by Crippen LogP contribution is -2.58. The van der Waals surface area contributed by atoms with E-state index in [1.54, 1.807) is 0 Å². The van der Waals surface area contributed by atoms with E-state index in [4.69, 9.17) is 0 Å². The van der Waals surface area contributed by atoms with Crippen molar-refractivity contribution in [3.8, 4) is 0 Å². The van der Waals surface area contributed by atoms with Crippen LogP contribution in [0.15, 0.2) is 0 Å². The first-order valence-corrected chi connectivity index (χ1v) is 7.72. The van der Waals surface area contributed by atoms with Gasteiger partial charge in [0.25, 0.3) is 0 Å². The van der Waals surface area contributed by atoms with Crippen LogP contribution in [-0.2, 0) is 0 Å². The van der Waals surface area contributed by atoms with E-state index in [0.29, 0.717) is 12.1 Å². The number of likely N-dealkylation sites (N-methyl/N-ethyl adjacent to an activating group) is 1. The van der Waals surface area contributed by atoms with Crippen LogP contribution in [0.4, 0.5) is 0 Å². The van der Waals surface area contributed by atoms with Crippen LogP contribution in [0.2, 0.25) is 0 Å². The highest BCUT2D eigenvalue weighted by Crippen LogP contribution is 2.21. The quantitative estimate of drug-likeness (QED) is 0.711. The van der Waals surface area contributed by atoms with Gasteiger partial charge in [0.2, 0.25) is 0 Å². The first-order valence-electron chi connectivity index (χ1n) is 7.72. The summed E-state index contributed by atoms with van der Waals surface area (Å²) in [6, 6.07) is 2.27. The average molecular weight is 255 g/mol. The monoisotopic (exact) mass is 255 g/mol. The Morgan fingerprint density at radius 1 is 0.833 bits per heavy atom. The Morgan fingerprint density at radius 2 is 1.28 bits per heavy atom. The lowest BCUT2D eigenvalue weighted by molar-refractivity contribution is 0.0158. The van der Waals surface area contributed by atoms with Crippen LogP contribution < -0.4 is 0 Å². The van der Waals surface area contributed by atoms with Gasteiger partial charge in [0, 0.05) is 31.2 Å². The highest BCUT2D eigenvalue weighted by Gasteiger charge is 2.31. The molecule has 0 radical (unpaired) electrons. The molecule has 3 nitrogen and oxygen atoms in total. The molecule has 2 heterocycles. The van der Waals surface area contributed by atoms with Crippen LogP contribution in [-0.4, -0.2) is 73.1 Å². The van der Waals surface area contributed by atoms with Gasteiger partial charge in [-0.05, 0) is 53.9 Å². The molecule has 2 aliphatic heterocycles. The molecule has 0 aliphatic carbocycles. The Hall–Kier alpha value is -0.120. The minimum atomic E-state index is 0.711. The Balaban J connectivity index is 0.000000771. The van der Waals surface area contributed by atoms with E-state index in [9.17, 15) is 0 Å². The molecule has 0 spiro atoms. The molecular formula is C15H33N3. The summed E-state index contributed by atoms with van der Waals surface area (Å²) in [5.41, 5.74) is 0. The summed E-state index contributed by atoms with van der Waals surface area (Å²) in [5.74, 6) is 0. The van der Waals surface area contributed by atoms with Crippen molar-refractivity contribution < 1.29 is 0 Å². The van der Waals surface area contributed by atoms with Crippen molar-refractivity contribution in [3.63, 3.8) is 0 Å². The normalized spacial score (nSPS) is 33.0. The van der Waals surface area contributed by atoms with Crippen molar-refractivity contribution in [3.05, 3.63) is 0 Å². The highest BCUT2D eigenvalue weighted by molar-refractivity contribution is 4.88. The summed E-state index contributed by atoms with van der Waals surface area (Å²) in [5, 5.41) is 0. The Kier molecular flexibility index (Phi) is 6.61. The van der Waals surface area contributed by atoms with Crippen molar-refractivity contribution in [2.24, 2.45) is 0 Å². The third-order valence-electron chi connectivity index (χ3n) is 4.59. The number of rotatable bonds is 1. The Morgan fingerprint density at radius 3 is 1.72 bits per heavy atom. The van der Waals surface area contributed by atoms with Crippen molar-refractivity contribution in [2.45, 2.75) is 58.7 Å². The fraction of sp³-hybridized carbons (Fsp3) is 1.00. The summed E-state index contributed by atoms with van der Waals surface area (Å²) in [6.45, 7) is 13.8. The van der Waals surface area contributed by atoms with Crippen LogP contribution in [0.3, 0.4) is 0 Å². The van der Waals surface area contributed by atoms with Gasteiger partial charge in [-0.1, -0.05) is 13.8 Å². The molecule has 0 saturated carbocycles. The van der Waals surface area contributed by atoms with Crippen LogP contribution in [0.1, 0.15) is 40.5 Å². The third-order valence-corrected chi connectivity index (χ3v) is 4.59. The molecule has 0 aromatic heterocycles. The van der Waals surface area contributed by atoms with E-state index < -0.39 is 0 Å². The van der Waals surface area contributed by atoms with Gasteiger partial charge in [0.05, 0.1) is 0 Å².